The van der Waals surface area contributed by atoms with Crippen molar-refractivity contribution in [1.29, 1.82) is 0 Å². The first-order valence-electron chi connectivity index (χ1n) is 3.15. The highest BCUT2D eigenvalue weighted by atomic mass is 32.2. The molecule has 1 fully saturated rings. The lowest BCUT2D eigenvalue weighted by atomic mass is 10.3. The third-order valence-electron chi connectivity index (χ3n) is 1.29. The number of carbonyl (C=O) groups excluding carboxylic acids is 1. The first kappa shape index (κ1) is 7.72. The molecule has 0 aromatic heterocycles. The Morgan fingerprint density at radius 2 is 2.60 bits per heavy atom. The molecule has 1 aliphatic rings. The minimum Gasteiger partial charge on any atom is -0.430 e. The fraction of sp³-hybridized carbons (Fsp3) is 0.833. The second kappa shape index (κ2) is 3.71. The molecule has 1 saturated heterocycles. The van der Waals surface area contributed by atoms with E-state index in [2.05, 4.69) is 4.74 Å². The molecule has 10 heavy (non-hydrogen) atoms. The monoisotopic (exact) mass is 162 g/mol. The summed E-state index contributed by atoms with van der Waals surface area (Å²) in [6.07, 6.45) is 2.40. The Hall–Kier alpha value is -0.380. The molecule has 0 bridgehead atoms. The molecule has 0 saturated carbocycles. The van der Waals surface area contributed by atoms with Crippen molar-refractivity contribution in [2.75, 3.05) is 18.6 Å². The van der Waals surface area contributed by atoms with E-state index in [1.165, 1.54) is 0 Å². The van der Waals surface area contributed by atoms with Crippen LogP contribution in [0.1, 0.15) is 6.42 Å². The van der Waals surface area contributed by atoms with Gasteiger partial charge in [-0.2, -0.15) is 11.8 Å². The van der Waals surface area contributed by atoms with E-state index < -0.39 is 6.16 Å². The molecule has 0 radical (unpaired) electrons. The quantitative estimate of drug-likeness (QED) is 0.585. The molecular weight excluding hydrogens is 152 g/mol. The minimum atomic E-state index is -0.522. The van der Waals surface area contributed by atoms with Crippen LogP contribution >= 0.6 is 11.8 Å². The minimum absolute atomic E-state index is 0.0000463. The van der Waals surface area contributed by atoms with Crippen LogP contribution < -0.4 is 0 Å². The number of ether oxygens (including phenoxy) is 2. The largest absolute Gasteiger partial charge is 0.508 e. The zero-order valence-electron chi connectivity index (χ0n) is 5.83. The standard InChI is InChI=1S/C6H10O3S/c1-10-3-2-5-4-8-6(7)9-5/h5H,2-4H2,1H3. The van der Waals surface area contributed by atoms with Crippen LogP contribution in [-0.2, 0) is 9.47 Å². The number of hydrogen-bond acceptors (Lipinski definition) is 4. The SMILES string of the molecule is CSCCC1COC(=O)O1. The molecule has 1 atom stereocenters. The van der Waals surface area contributed by atoms with E-state index in [4.69, 9.17) is 4.74 Å². The van der Waals surface area contributed by atoms with Crippen molar-refractivity contribution in [1.82, 2.24) is 0 Å². The normalized spacial score (nSPS) is 24.1. The molecule has 1 unspecified atom stereocenters. The van der Waals surface area contributed by atoms with Gasteiger partial charge < -0.3 is 9.47 Å². The summed E-state index contributed by atoms with van der Waals surface area (Å²) in [5.74, 6) is 1.02. The maximum atomic E-state index is 10.4. The van der Waals surface area contributed by atoms with Crippen molar-refractivity contribution in [3.63, 3.8) is 0 Å². The lowest BCUT2D eigenvalue weighted by Gasteiger charge is -2.02. The van der Waals surface area contributed by atoms with E-state index in [1.807, 2.05) is 6.26 Å². The van der Waals surface area contributed by atoms with Crippen molar-refractivity contribution in [2.24, 2.45) is 0 Å². The smallest absolute Gasteiger partial charge is 0.430 e. The van der Waals surface area contributed by atoms with Gasteiger partial charge in [0.1, 0.15) is 12.7 Å². The van der Waals surface area contributed by atoms with Gasteiger partial charge >= 0.3 is 6.16 Å². The molecule has 58 valence electrons. The predicted molar refractivity (Wildman–Crippen MR) is 39.2 cm³/mol. The molecule has 1 rings (SSSR count). The van der Waals surface area contributed by atoms with Crippen LogP contribution in [0.15, 0.2) is 0 Å². The van der Waals surface area contributed by atoms with Crippen LogP contribution in [0.2, 0.25) is 0 Å². The van der Waals surface area contributed by atoms with E-state index in [-0.39, 0.29) is 6.10 Å². The summed E-state index contributed by atoms with van der Waals surface area (Å²) in [5.41, 5.74) is 0. The average molecular weight is 162 g/mol. The van der Waals surface area contributed by atoms with Crippen molar-refractivity contribution in [2.45, 2.75) is 12.5 Å². The lowest BCUT2D eigenvalue weighted by molar-refractivity contribution is 0.117. The van der Waals surface area contributed by atoms with Crippen LogP contribution in [-0.4, -0.2) is 30.9 Å². The van der Waals surface area contributed by atoms with Crippen molar-refractivity contribution in [3.8, 4) is 0 Å². The molecule has 0 aromatic rings. The summed E-state index contributed by atoms with van der Waals surface area (Å²) in [6, 6.07) is 0. The Bertz CT molecular complexity index is 126. The predicted octanol–water partition coefficient (Wildman–Crippen LogP) is 1.27. The Morgan fingerprint density at radius 3 is 3.10 bits per heavy atom. The molecule has 1 heterocycles. The van der Waals surface area contributed by atoms with Crippen LogP contribution in [0.3, 0.4) is 0 Å². The fourth-order valence-corrected chi connectivity index (χ4v) is 1.26. The van der Waals surface area contributed by atoms with Gasteiger partial charge in [-0.1, -0.05) is 0 Å². The second-order valence-electron chi connectivity index (χ2n) is 2.08. The van der Waals surface area contributed by atoms with Gasteiger partial charge in [0.2, 0.25) is 0 Å². The molecule has 0 aromatic carbocycles. The van der Waals surface area contributed by atoms with Gasteiger partial charge in [0.05, 0.1) is 0 Å². The molecule has 3 nitrogen and oxygen atoms in total. The first-order valence-corrected chi connectivity index (χ1v) is 4.54. The van der Waals surface area contributed by atoms with Crippen molar-refractivity contribution >= 4 is 17.9 Å². The molecule has 4 heteroatoms. The van der Waals surface area contributed by atoms with Crippen molar-refractivity contribution in [3.05, 3.63) is 0 Å². The van der Waals surface area contributed by atoms with Crippen molar-refractivity contribution < 1.29 is 14.3 Å². The Balaban J connectivity index is 2.12. The summed E-state index contributed by atoms with van der Waals surface area (Å²) < 4.78 is 9.38. The third-order valence-corrected chi connectivity index (χ3v) is 1.94. The van der Waals surface area contributed by atoms with E-state index in [1.54, 1.807) is 11.8 Å². The number of rotatable bonds is 3. The number of cyclic esters (lactones) is 2. The summed E-state index contributed by atoms with van der Waals surface area (Å²) in [7, 11) is 0. The number of hydrogen-bond donors (Lipinski definition) is 0. The zero-order valence-corrected chi connectivity index (χ0v) is 6.65. The molecule has 0 amide bonds. The van der Waals surface area contributed by atoms with Gasteiger partial charge in [0.15, 0.2) is 0 Å². The van der Waals surface area contributed by atoms with Gasteiger partial charge in [-0.3, -0.25) is 0 Å². The van der Waals surface area contributed by atoms with Crippen LogP contribution in [0.25, 0.3) is 0 Å². The van der Waals surface area contributed by atoms with Crippen LogP contribution in [0.4, 0.5) is 4.79 Å². The summed E-state index contributed by atoms with van der Waals surface area (Å²) >= 11 is 1.74. The Kier molecular flexibility index (Phi) is 2.86. The Morgan fingerprint density at radius 1 is 1.80 bits per heavy atom. The van der Waals surface area contributed by atoms with E-state index in [0.717, 1.165) is 12.2 Å². The lowest BCUT2D eigenvalue weighted by Crippen LogP contribution is -2.10. The van der Waals surface area contributed by atoms with Gasteiger partial charge in [-0.25, -0.2) is 4.79 Å². The van der Waals surface area contributed by atoms with Gasteiger partial charge in [-0.05, 0) is 18.4 Å². The third kappa shape index (κ3) is 2.10. The fourth-order valence-electron chi connectivity index (χ4n) is 0.757. The van der Waals surface area contributed by atoms with Gasteiger partial charge in [0.25, 0.3) is 0 Å². The van der Waals surface area contributed by atoms with Gasteiger partial charge in [0, 0.05) is 0 Å². The highest BCUT2D eigenvalue weighted by Crippen LogP contribution is 2.11. The summed E-state index contributed by atoms with van der Waals surface area (Å²) in [5, 5.41) is 0. The Labute approximate surface area is 64.1 Å². The van der Waals surface area contributed by atoms with E-state index >= 15 is 0 Å². The molecule has 0 spiro atoms. The summed E-state index contributed by atoms with van der Waals surface area (Å²) in [4.78, 5) is 10.4. The van der Waals surface area contributed by atoms with Gasteiger partial charge in [-0.15, -0.1) is 0 Å². The topological polar surface area (TPSA) is 35.5 Å². The van der Waals surface area contributed by atoms with Crippen LogP contribution in [0.5, 0.6) is 0 Å². The maximum Gasteiger partial charge on any atom is 0.508 e. The molecular formula is C6H10O3S. The number of carbonyl (C=O) groups is 1. The molecule has 0 N–H and O–H groups in total. The first-order chi connectivity index (χ1) is 4.83. The van der Waals surface area contributed by atoms with Crippen LogP contribution in [0, 0.1) is 0 Å². The molecule has 1 aliphatic heterocycles. The summed E-state index contributed by atoms with van der Waals surface area (Å²) in [6.45, 7) is 0.430. The maximum absolute atomic E-state index is 10.4. The zero-order chi connectivity index (χ0) is 7.40. The van der Waals surface area contributed by atoms with E-state index in [0.29, 0.717) is 6.61 Å². The highest BCUT2D eigenvalue weighted by molar-refractivity contribution is 7.98. The molecule has 0 aliphatic carbocycles. The highest BCUT2D eigenvalue weighted by Gasteiger charge is 2.23. The second-order valence-corrected chi connectivity index (χ2v) is 3.07. The van der Waals surface area contributed by atoms with E-state index in [9.17, 15) is 4.79 Å². The average Bonchev–Trinajstić information content (AvgIpc) is 2.31. The number of thioether (sulfide) groups is 1.